The summed E-state index contributed by atoms with van der Waals surface area (Å²) in [5.41, 5.74) is 20.4. The third-order valence-corrected chi connectivity index (χ3v) is 16.3. The largest absolute Gasteiger partial charge is 0.458 e. The number of hydrogen-bond donors (Lipinski definition) is 0. The van der Waals surface area contributed by atoms with E-state index < -0.39 is 0 Å². The summed E-state index contributed by atoms with van der Waals surface area (Å²) >= 11 is 0. The van der Waals surface area contributed by atoms with Crippen LogP contribution < -0.4 is 9.30 Å². The summed E-state index contributed by atoms with van der Waals surface area (Å²) in [4.78, 5) is 4.94. The molecule has 0 unspecified atom stereocenters. The van der Waals surface area contributed by atoms with Crippen LogP contribution in [0.3, 0.4) is 0 Å². The number of aromatic nitrogens is 4. The Morgan fingerprint density at radius 2 is 1.12 bits per heavy atom. The molecule has 0 spiro atoms. The van der Waals surface area contributed by atoms with Crippen molar-refractivity contribution in [2.45, 2.75) is 130 Å². The van der Waals surface area contributed by atoms with E-state index in [4.69, 9.17) is 9.72 Å². The Labute approximate surface area is 432 Å². The minimum Gasteiger partial charge on any atom is -0.458 e. The van der Waals surface area contributed by atoms with Crippen molar-refractivity contribution in [3.63, 3.8) is 0 Å². The molecule has 0 amide bonds. The minimum absolute atomic E-state index is 0.0222. The Morgan fingerprint density at radius 1 is 0.507 bits per heavy atom. The molecule has 5 nitrogen and oxygen atoms in total. The second-order valence-electron chi connectivity index (χ2n) is 25.4. The molecular formula is C68H68N4O. The van der Waals surface area contributed by atoms with Gasteiger partial charge in [0.05, 0.1) is 33.4 Å². The number of pyridine rings is 1. The van der Waals surface area contributed by atoms with Crippen LogP contribution in [0.2, 0.25) is 0 Å². The first-order valence-electron chi connectivity index (χ1n) is 26.3. The van der Waals surface area contributed by atoms with Gasteiger partial charge in [-0.15, -0.1) is 0 Å². The van der Waals surface area contributed by atoms with E-state index in [9.17, 15) is 0 Å². The van der Waals surface area contributed by atoms with E-state index in [1.165, 1.54) is 72.3 Å². The van der Waals surface area contributed by atoms with Gasteiger partial charge in [0.2, 0.25) is 0 Å². The van der Waals surface area contributed by atoms with Crippen LogP contribution in [0.15, 0.2) is 152 Å². The van der Waals surface area contributed by atoms with Gasteiger partial charge in [-0.1, -0.05) is 169 Å². The summed E-state index contributed by atoms with van der Waals surface area (Å²) in [6.07, 6.45) is 8.32. The standard InChI is InChI=1S/C68H68N4O/c1-64(2,3)42-30-33-69-61(36-42)72-58-27-17-16-24-49(58)50-29-28-46(38-59(50)72)73-45-21-18-20-44(37-45)70-41-71-62-51(25-19-26-55(62)66(7,8)9)53-40-57-56(67(10,11)31-32-68(57,12)13)39-52(53)47-22-14-15-23-48(47)54-34-43(65(4,5)6)35-60(70)63(54)71/h14-30,33-40H,31-32H2,1-13H3. The van der Waals surface area contributed by atoms with Gasteiger partial charge in [0.1, 0.15) is 17.3 Å². The molecular weight excluding hydrogens is 889 g/mol. The first-order valence-corrected chi connectivity index (χ1v) is 26.3. The van der Waals surface area contributed by atoms with Crippen molar-refractivity contribution in [3.05, 3.63) is 186 Å². The van der Waals surface area contributed by atoms with Gasteiger partial charge in [-0.2, -0.15) is 0 Å². The van der Waals surface area contributed by atoms with Crippen LogP contribution in [0.25, 0.3) is 83.4 Å². The molecule has 4 heterocycles. The first-order chi connectivity index (χ1) is 34.6. The molecule has 366 valence electrons. The van der Waals surface area contributed by atoms with Crippen LogP contribution in [-0.4, -0.2) is 14.1 Å². The zero-order valence-corrected chi connectivity index (χ0v) is 45.0. The maximum Gasteiger partial charge on any atom is 0.269 e. The Hall–Kier alpha value is -7.24. The van der Waals surface area contributed by atoms with Gasteiger partial charge in [-0.25, -0.2) is 4.98 Å². The molecule has 0 bridgehead atoms. The number of imidazole rings is 1. The van der Waals surface area contributed by atoms with Crippen LogP contribution in [-0.2, 0) is 27.1 Å². The Bertz CT molecular complexity index is 3890. The lowest BCUT2D eigenvalue weighted by atomic mass is 9.62. The van der Waals surface area contributed by atoms with Gasteiger partial charge in [0.25, 0.3) is 6.33 Å². The lowest BCUT2D eigenvalue weighted by Crippen LogP contribution is -2.35. The molecule has 0 saturated heterocycles. The molecule has 73 heavy (non-hydrogen) atoms. The Morgan fingerprint density at radius 3 is 1.82 bits per heavy atom. The van der Waals surface area contributed by atoms with Crippen LogP contribution in [0.1, 0.15) is 131 Å². The molecule has 0 atom stereocenters. The summed E-state index contributed by atoms with van der Waals surface area (Å²) in [7, 11) is 0. The number of nitrogens with zero attached hydrogens (tertiary/aromatic N) is 4. The summed E-state index contributed by atoms with van der Waals surface area (Å²) in [6, 6.07) is 54.1. The molecule has 0 radical (unpaired) electrons. The third kappa shape index (κ3) is 7.64. The quantitative estimate of drug-likeness (QED) is 0.130. The van der Waals surface area contributed by atoms with E-state index >= 15 is 0 Å². The predicted molar refractivity (Wildman–Crippen MR) is 304 cm³/mol. The van der Waals surface area contributed by atoms with Crippen molar-refractivity contribution in [2.75, 3.05) is 0 Å². The SMILES string of the molecule is CC(C)(C)c1ccnc(-n2c3ccccc3c3ccc(Oc4cccc(-n5[c-][n+]6c7c(cc(C(C)(C)C)cc75)-c5ccccc5-c5cc7c(cc5-c5cccc(C(C)(C)C)c5-6)C(C)(C)CCC7(C)C)c4)cc32)c1. The number of para-hydroxylation sites is 2. The molecule has 0 saturated carbocycles. The van der Waals surface area contributed by atoms with E-state index in [0.29, 0.717) is 0 Å². The van der Waals surface area contributed by atoms with Gasteiger partial charge >= 0.3 is 0 Å². The van der Waals surface area contributed by atoms with Gasteiger partial charge in [0.15, 0.2) is 0 Å². The second-order valence-corrected chi connectivity index (χ2v) is 25.4. The van der Waals surface area contributed by atoms with E-state index in [1.54, 1.807) is 0 Å². The third-order valence-electron chi connectivity index (χ3n) is 16.3. The number of benzene rings is 7. The summed E-state index contributed by atoms with van der Waals surface area (Å²) in [5, 5.41) is 2.34. The summed E-state index contributed by atoms with van der Waals surface area (Å²) in [6.45, 7) is 30.5. The summed E-state index contributed by atoms with van der Waals surface area (Å²) in [5.74, 6) is 2.39. The molecule has 12 rings (SSSR count). The molecule has 1 aliphatic heterocycles. The fourth-order valence-electron chi connectivity index (χ4n) is 11.9. The Kier molecular flexibility index (Phi) is 10.3. The van der Waals surface area contributed by atoms with Crippen LogP contribution in [0.5, 0.6) is 11.5 Å². The average Bonchev–Trinajstić information content (AvgIpc) is 3.90. The van der Waals surface area contributed by atoms with E-state index in [0.717, 1.165) is 63.3 Å². The van der Waals surface area contributed by atoms with Crippen molar-refractivity contribution in [3.8, 4) is 62.1 Å². The predicted octanol–water partition coefficient (Wildman–Crippen LogP) is 17.5. The van der Waals surface area contributed by atoms with Crippen molar-refractivity contribution in [2.24, 2.45) is 0 Å². The maximum absolute atomic E-state index is 6.94. The monoisotopic (exact) mass is 957 g/mol. The van der Waals surface area contributed by atoms with E-state index in [-0.39, 0.29) is 27.1 Å². The van der Waals surface area contributed by atoms with Crippen LogP contribution in [0, 0.1) is 6.33 Å². The normalized spacial score (nSPS) is 15.0. The lowest BCUT2D eigenvalue weighted by Gasteiger charge is -2.42. The lowest BCUT2D eigenvalue weighted by molar-refractivity contribution is -0.572. The average molecular weight is 957 g/mol. The fraction of sp³-hybridized carbons (Fsp3) is 0.294. The van der Waals surface area contributed by atoms with Crippen molar-refractivity contribution >= 4 is 32.8 Å². The molecule has 2 aliphatic rings. The zero-order chi connectivity index (χ0) is 51.1. The highest BCUT2D eigenvalue weighted by Gasteiger charge is 2.39. The molecule has 10 aromatic rings. The Balaban J connectivity index is 1.09. The minimum atomic E-state index is -0.186. The molecule has 1 aliphatic carbocycles. The topological polar surface area (TPSA) is 35.9 Å². The van der Waals surface area contributed by atoms with Crippen LogP contribution >= 0.6 is 0 Å². The van der Waals surface area contributed by atoms with Gasteiger partial charge in [-0.3, -0.25) is 13.7 Å². The van der Waals surface area contributed by atoms with Crippen molar-refractivity contribution in [1.29, 1.82) is 0 Å². The van der Waals surface area contributed by atoms with Gasteiger partial charge < -0.3 is 4.74 Å². The zero-order valence-electron chi connectivity index (χ0n) is 45.0. The molecule has 3 aromatic heterocycles. The maximum atomic E-state index is 6.94. The van der Waals surface area contributed by atoms with Crippen LogP contribution in [0.4, 0.5) is 0 Å². The smallest absolute Gasteiger partial charge is 0.269 e. The highest BCUT2D eigenvalue weighted by Crippen LogP contribution is 2.53. The number of ether oxygens (including phenoxy) is 1. The number of fused-ring (bicyclic) bond motifs is 11. The van der Waals surface area contributed by atoms with Gasteiger partial charge in [-0.05, 0) is 162 Å². The first kappa shape index (κ1) is 46.8. The van der Waals surface area contributed by atoms with Crippen molar-refractivity contribution < 1.29 is 9.30 Å². The molecule has 0 N–H and O–H groups in total. The van der Waals surface area contributed by atoms with E-state index in [1.807, 2.05) is 6.20 Å². The highest BCUT2D eigenvalue weighted by molar-refractivity contribution is 6.09. The van der Waals surface area contributed by atoms with E-state index in [2.05, 4.69) is 256 Å². The molecule has 0 fully saturated rings. The van der Waals surface area contributed by atoms with Crippen molar-refractivity contribution in [1.82, 2.24) is 14.1 Å². The molecule has 5 heteroatoms. The summed E-state index contributed by atoms with van der Waals surface area (Å²) < 4.78 is 13.9. The highest BCUT2D eigenvalue weighted by atomic mass is 16.5. The molecule has 7 aromatic carbocycles. The number of hydrogen-bond acceptors (Lipinski definition) is 2. The number of rotatable bonds is 4. The fourth-order valence-corrected chi connectivity index (χ4v) is 11.9. The second kappa shape index (κ2) is 16.1. The van der Waals surface area contributed by atoms with Gasteiger partial charge in [0, 0.05) is 23.0 Å².